The lowest BCUT2D eigenvalue weighted by Gasteiger charge is -2.17. The van der Waals surface area contributed by atoms with Gasteiger partial charge in [-0.2, -0.15) is 0 Å². The standard InChI is InChI=1S/C24H20N4O3S/c1-16-13-17(2)23-21(14-16)32-24(26-23)27(15-19-5-3-4-12-25-19)22(29)11-8-18-6-9-20(10-7-18)28(30)31/h3-14H,15H2,1-2H3/b11-8+. The van der Waals surface area contributed by atoms with Crippen LogP contribution < -0.4 is 4.90 Å². The van der Waals surface area contributed by atoms with Gasteiger partial charge in [0.25, 0.3) is 11.6 Å². The van der Waals surface area contributed by atoms with Gasteiger partial charge in [0, 0.05) is 24.4 Å². The van der Waals surface area contributed by atoms with Gasteiger partial charge in [-0.3, -0.25) is 24.8 Å². The fraction of sp³-hybridized carbons (Fsp3) is 0.125. The van der Waals surface area contributed by atoms with E-state index in [0.29, 0.717) is 10.7 Å². The Balaban J connectivity index is 1.66. The molecule has 4 aromatic rings. The molecule has 0 aliphatic rings. The van der Waals surface area contributed by atoms with E-state index in [4.69, 9.17) is 4.98 Å². The molecule has 0 N–H and O–H groups in total. The number of anilines is 1. The minimum atomic E-state index is -0.454. The summed E-state index contributed by atoms with van der Waals surface area (Å²) in [7, 11) is 0. The maximum Gasteiger partial charge on any atom is 0.269 e. The Morgan fingerprint density at radius 3 is 2.62 bits per heavy atom. The van der Waals surface area contributed by atoms with Crippen molar-refractivity contribution in [1.82, 2.24) is 9.97 Å². The maximum absolute atomic E-state index is 13.2. The molecule has 32 heavy (non-hydrogen) atoms. The molecule has 7 nitrogen and oxygen atoms in total. The van der Waals surface area contributed by atoms with Crippen molar-refractivity contribution in [2.75, 3.05) is 4.90 Å². The van der Waals surface area contributed by atoms with Crippen LogP contribution in [-0.2, 0) is 11.3 Å². The highest BCUT2D eigenvalue weighted by atomic mass is 32.1. The van der Waals surface area contributed by atoms with Gasteiger partial charge in [-0.25, -0.2) is 4.98 Å². The highest BCUT2D eigenvalue weighted by Crippen LogP contribution is 2.32. The maximum atomic E-state index is 13.2. The number of aryl methyl sites for hydroxylation is 2. The van der Waals surface area contributed by atoms with Crippen molar-refractivity contribution in [3.8, 4) is 0 Å². The molecule has 0 aliphatic heterocycles. The molecule has 0 bridgehead atoms. The second kappa shape index (κ2) is 9.07. The van der Waals surface area contributed by atoms with E-state index >= 15 is 0 Å². The number of pyridine rings is 1. The Morgan fingerprint density at radius 1 is 1.16 bits per heavy atom. The van der Waals surface area contributed by atoms with Crippen LogP contribution in [0.25, 0.3) is 16.3 Å². The number of rotatable bonds is 6. The van der Waals surface area contributed by atoms with E-state index in [9.17, 15) is 14.9 Å². The Kier molecular flexibility index (Phi) is 6.04. The van der Waals surface area contributed by atoms with Crippen LogP contribution in [0.3, 0.4) is 0 Å². The Bertz CT molecular complexity index is 1310. The van der Waals surface area contributed by atoms with Gasteiger partial charge in [0.15, 0.2) is 5.13 Å². The van der Waals surface area contributed by atoms with E-state index in [1.54, 1.807) is 29.3 Å². The second-order valence-electron chi connectivity index (χ2n) is 7.35. The van der Waals surface area contributed by atoms with Crippen molar-refractivity contribution in [3.63, 3.8) is 0 Å². The number of thiazole rings is 1. The molecule has 0 fully saturated rings. The van der Waals surface area contributed by atoms with Crippen molar-refractivity contribution >= 4 is 44.4 Å². The van der Waals surface area contributed by atoms with Crippen LogP contribution in [-0.4, -0.2) is 20.8 Å². The first-order valence-corrected chi connectivity index (χ1v) is 10.7. The number of carbonyl (C=O) groups excluding carboxylic acids is 1. The second-order valence-corrected chi connectivity index (χ2v) is 8.36. The van der Waals surface area contributed by atoms with Crippen LogP contribution in [0.15, 0.2) is 66.9 Å². The van der Waals surface area contributed by atoms with E-state index in [-0.39, 0.29) is 18.1 Å². The lowest BCUT2D eigenvalue weighted by molar-refractivity contribution is -0.384. The van der Waals surface area contributed by atoms with E-state index < -0.39 is 4.92 Å². The first kappa shape index (κ1) is 21.3. The molecule has 2 heterocycles. The van der Waals surface area contributed by atoms with Crippen LogP contribution in [0.4, 0.5) is 10.8 Å². The summed E-state index contributed by atoms with van der Waals surface area (Å²) in [5.74, 6) is -0.248. The minimum absolute atomic E-state index is 0.00499. The number of nitrogens with zero attached hydrogens (tertiary/aromatic N) is 4. The van der Waals surface area contributed by atoms with E-state index in [2.05, 4.69) is 17.1 Å². The zero-order chi connectivity index (χ0) is 22.7. The molecule has 0 spiro atoms. The predicted octanol–water partition coefficient (Wildman–Crippen LogP) is 5.46. The van der Waals surface area contributed by atoms with E-state index in [0.717, 1.165) is 27.0 Å². The lowest BCUT2D eigenvalue weighted by Crippen LogP contribution is -2.29. The number of aromatic nitrogens is 2. The number of carbonyl (C=O) groups is 1. The smallest absolute Gasteiger partial charge is 0.269 e. The Hall–Kier alpha value is -3.91. The zero-order valence-corrected chi connectivity index (χ0v) is 18.4. The fourth-order valence-electron chi connectivity index (χ4n) is 3.33. The van der Waals surface area contributed by atoms with Crippen LogP contribution in [0.5, 0.6) is 0 Å². The highest BCUT2D eigenvalue weighted by molar-refractivity contribution is 7.22. The van der Waals surface area contributed by atoms with Gasteiger partial charge in [0.1, 0.15) is 0 Å². The number of hydrogen-bond acceptors (Lipinski definition) is 6. The number of fused-ring (bicyclic) bond motifs is 1. The topological polar surface area (TPSA) is 89.2 Å². The molecule has 160 valence electrons. The summed E-state index contributed by atoms with van der Waals surface area (Å²) in [6.45, 7) is 4.33. The normalized spacial score (nSPS) is 11.2. The summed E-state index contributed by atoms with van der Waals surface area (Å²) in [6, 6.07) is 15.7. The van der Waals surface area contributed by atoms with Crippen LogP contribution in [0.2, 0.25) is 0 Å². The summed E-state index contributed by atoms with van der Waals surface area (Å²) < 4.78 is 1.02. The molecule has 0 saturated heterocycles. The van der Waals surface area contributed by atoms with Crippen LogP contribution >= 0.6 is 11.3 Å². The van der Waals surface area contributed by atoms with Gasteiger partial charge in [-0.15, -0.1) is 0 Å². The van der Waals surface area contributed by atoms with Gasteiger partial charge in [0.2, 0.25) is 0 Å². The van der Waals surface area contributed by atoms with E-state index in [1.807, 2.05) is 32.0 Å². The number of non-ortho nitro benzene ring substituents is 1. The molecule has 8 heteroatoms. The summed E-state index contributed by atoms with van der Waals surface area (Å²) in [4.78, 5) is 34.3. The highest BCUT2D eigenvalue weighted by Gasteiger charge is 2.20. The molecule has 0 atom stereocenters. The van der Waals surface area contributed by atoms with Gasteiger partial charge in [-0.05, 0) is 66.9 Å². The van der Waals surface area contributed by atoms with Gasteiger partial charge < -0.3 is 0 Å². The predicted molar refractivity (Wildman–Crippen MR) is 127 cm³/mol. The number of nitro benzene ring substituents is 1. The molecule has 4 rings (SSSR count). The van der Waals surface area contributed by atoms with Gasteiger partial charge >= 0.3 is 0 Å². The largest absolute Gasteiger partial charge is 0.278 e. The van der Waals surface area contributed by atoms with Crippen LogP contribution in [0, 0.1) is 24.0 Å². The third-order valence-corrected chi connectivity index (χ3v) is 5.91. The minimum Gasteiger partial charge on any atom is -0.278 e. The average molecular weight is 445 g/mol. The summed E-state index contributed by atoms with van der Waals surface area (Å²) in [5.41, 5.74) is 4.54. The van der Waals surface area contributed by atoms with Crippen molar-refractivity contribution < 1.29 is 9.72 Å². The molecule has 0 aliphatic carbocycles. The SMILES string of the molecule is Cc1cc(C)c2nc(N(Cc3ccccn3)C(=O)/C=C/c3ccc([N+](=O)[O-])cc3)sc2c1. The summed E-state index contributed by atoms with van der Waals surface area (Å²) in [6.07, 6.45) is 4.78. The molecule has 1 amide bonds. The molecule has 2 aromatic carbocycles. The van der Waals surface area contributed by atoms with Crippen molar-refractivity contribution in [2.45, 2.75) is 20.4 Å². The lowest BCUT2D eigenvalue weighted by atomic mass is 10.1. The average Bonchev–Trinajstić information content (AvgIpc) is 3.21. The molecule has 0 unspecified atom stereocenters. The number of benzene rings is 2. The Labute approximate surface area is 188 Å². The molecular formula is C24H20N4O3S. The number of amides is 1. The van der Waals surface area contributed by atoms with Crippen molar-refractivity contribution in [3.05, 3.63) is 99.4 Å². The molecule has 0 radical (unpaired) electrons. The van der Waals surface area contributed by atoms with Gasteiger partial charge in [-0.1, -0.05) is 23.5 Å². The summed E-state index contributed by atoms with van der Waals surface area (Å²) in [5, 5.41) is 11.4. The molecule has 2 aromatic heterocycles. The zero-order valence-electron chi connectivity index (χ0n) is 17.6. The summed E-state index contributed by atoms with van der Waals surface area (Å²) >= 11 is 1.47. The first-order valence-electron chi connectivity index (χ1n) is 9.92. The van der Waals surface area contributed by atoms with Crippen molar-refractivity contribution in [2.24, 2.45) is 0 Å². The number of hydrogen-bond donors (Lipinski definition) is 0. The monoisotopic (exact) mass is 444 g/mol. The molecular weight excluding hydrogens is 424 g/mol. The third-order valence-electron chi connectivity index (χ3n) is 4.88. The Morgan fingerprint density at radius 2 is 1.94 bits per heavy atom. The van der Waals surface area contributed by atoms with E-state index in [1.165, 1.54) is 29.5 Å². The van der Waals surface area contributed by atoms with Crippen LogP contribution in [0.1, 0.15) is 22.4 Å². The van der Waals surface area contributed by atoms with Crippen molar-refractivity contribution in [1.29, 1.82) is 0 Å². The quantitative estimate of drug-likeness (QED) is 0.224. The third kappa shape index (κ3) is 4.70. The van der Waals surface area contributed by atoms with Gasteiger partial charge in [0.05, 0.1) is 27.4 Å². The number of nitro groups is 1. The molecule has 0 saturated carbocycles. The first-order chi connectivity index (χ1) is 15.4. The fourth-order valence-corrected chi connectivity index (χ4v) is 4.48.